The van der Waals surface area contributed by atoms with Crippen LogP contribution in [0.5, 0.6) is 5.75 Å². The van der Waals surface area contributed by atoms with Crippen LogP contribution in [0.25, 0.3) is 55.9 Å². The summed E-state index contributed by atoms with van der Waals surface area (Å²) in [5.41, 5.74) is 16.3. The molecule has 6 aromatic carbocycles. The van der Waals surface area contributed by atoms with E-state index in [1.165, 1.54) is 16.7 Å². The molecular weight excluding hydrogens is 815 g/mol. The quantitative estimate of drug-likeness (QED) is 0.164. The summed E-state index contributed by atoms with van der Waals surface area (Å²) < 4.78 is 49.3. The molecule has 1 spiro atoms. The average molecular weight is 887 g/mol. The van der Waals surface area contributed by atoms with Crippen LogP contribution in [0.1, 0.15) is 153 Å². The van der Waals surface area contributed by atoms with Crippen LogP contribution in [0.15, 0.2) is 134 Å². The zero-order valence-corrected chi connectivity index (χ0v) is 42.2. The van der Waals surface area contributed by atoms with Crippen molar-refractivity contribution in [1.82, 2.24) is 9.47 Å². The molecule has 0 N–H and O–H groups in total. The Labute approximate surface area is 405 Å². The van der Waals surface area contributed by atoms with Gasteiger partial charge >= 0.3 is 11.7 Å². The fraction of sp³-hybridized carbons (Fsp3) is 0.349. The smallest absolute Gasteiger partial charge is 0.368 e. The Kier molecular flexibility index (Phi) is 8.12. The summed E-state index contributed by atoms with van der Waals surface area (Å²) in [7, 11) is 0. The lowest BCUT2D eigenvalue weighted by Gasteiger charge is -2.44. The molecule has 7 aromatic rings. The second-order valence-corrected chi connectivity index (χ2v) is 24.3. The maximum atomic E-state index is 9.21. The molecule has 11 rings (SSSR count). The minimum absolute atomic E-state index is 0.0117. The van der Waals surface area contributed by atoms with Gasteiger partial charge in [-0.3, -0.25) is 4.90 Å². The van der Waals surface area contributed by atoms with E-state index in [2.05, 4.69) is 214 Å². The maximum Gasteiger partial charge on any atom is 0.368 e. The summed E-state index contributed by atoms with van der Waals surface area (Å²) in [6, 6.07) is 33.8. The van der Waals surface area contributed by atoms with Crippen molar-refractivity contribution in [3.05, 3.63) is 178 Å². The van der Waals surface area contributed by atoms with E-state index in [-0.39, 0.29) is 51.2 Å². The van der Waals surface area contributed by atoms with Gasteiger partial charge in [-0.15, -0.1) is 0 Å². The number of aromatic nitrogens is 2. The van der Waals surface area contributed by atoms with E-state index >= 15 is 0 Å². The van der Waals surface area contributed by atoms with Crippen molar-refractivity contribution in [3.63, 3.8) is 0 Å². The molecule has 0 radical (unpaired) electrons. The van der Waals surface area contributed by atoms with Crippen LogP contribution >= 0.6 is 0 Å². The summed E-state index contributed by atoms with van der Waals surface area (Å²) in [6.45, 7) is 34.0. The zero-order valence-electron chi connectivity index (χ0n) is 46.2. The van der Waals surface area contributed by atoms with Gasteiger partial charge in [0, 0.05) is 28.5 Å². The number of hydrogen-bond donors (Lipinski definition) is 0. The maximum absolute atomic E-state index is 9.21. The second-order valence-electron chi connectivity index (χ2n) is 24.3. The van der Waals surface area contributed by atoms with Gasteiger partial charge in [-0.05, 0) is 122 Å². The van der Waals surface area contributed by atoms with Crippen molar-refractivity contribution in [2.75, 3.05) is 0 Å². The molecule has 340 valence electrons. The Morgan fingerprint density at radius 1 is 0.627 bits per heavy atom. The summed E-state index contributed by atoms with van der Waals surface area (Å²) >= 11 is 0. The van der Waals surface area contributed by atoms with Gasteiger partial charge in [0.15, 0.2) is 11.0 Å². The zero-order chi connectivity index (χ0) is 51.0. The number of allylic oxidation sites excluding steroid dienone is 2. The first kappa shape index (κ1) is 38.9. The number of hydrogen-bond acceptors (Lipinski definition) is 2. The molecule has 4 aliphatic rings. The van der Waals surface area contributed by atoms with E-state index in [4.69, 9.17) is 7.48 Å². The molecule has 5 heterocycles. The van der Waals surface area contributed by atoms with Crippen molar-refractivity contribution in [1.29, 1.82) is 0 Å². The van der Waals surface area contributed by atoms with E-state index in [1.807, 2.05) is 6.08 Å². The first-order valence-corrected chi connectivity index (χ1v) is 24.2. The first-order valence-electron chi connectivity index (χ1n) is 26.2. The number of nitrogens with zero attached hydrogens (tertiary/aromatic N) is 3. The van der Waals surface area contributed by atoms with Crippen LogP contribution in [0.2, 0.25) is 0 Å². The van der Waals surface area contributed by atoms with E-state index in [0.717, 1.165) is 72.8 Å². The monoisotopic (exact) mass is 887 g/mol. The topological polar surface area (TPSA) is 21.3 Å². The van der Waals surface area contributed by atoms with Gasteiger partial charge in [0.25, 0.3) is 0 Å². The SMILES string of the molecule is [2H]c1c([2H])c(C2=CC3c4cc(C(C)(C)C)cc5c4C4(Oc6c(cc(C(C)(C)C)cc6C(C)(C)C)-c6n(-c7ccc(C(C)(C)C(C)(C)C)cc7-c7ccccc7)c7cccc-5c7[n+]64)N3C=C2)c([2H])c([2H])c1C. The summed E-state index contributed by atoms with van der Waals surface area (Å²) in [4.78, 5) is 2.37. The van der Waals surface area contributed by atoms with Crippen molar-refractivity contribution >= 4 is 16.6 Å². The van der Waals surface area contributed by atoms with Crippen LogP contribution in [-0.2, 0) is 27.5 Å². The number of ether oxygens (including phenoxy) is 1. The van der Waals surface area contributed by atoms with Crippen LogP contribution < -0.4 is 9.30 Å². The van der Waals surface area contributed by atoms with Gasteiger partial charge in [0.05, 0.1) is 17.1 Å². The predicted molar refractivity (Wildman–Crippen MR) is 279 cm³/mol. The van der Waals surface area contributed by atoms with Gasteiger partial charge < -0.3 is 4.74 Å². The van der Waals surface area contributed by atoms with E-state index in [1.54, 1.807) is 6.92 Å². The Bertz CT molecular complexity index is 3500. The highest BCUT2D eigenvalue weighted by molar-refractivity contribution is 5.97. The molecule has 0 amide bonds. The molecule has 0 saturated heterocycles. The summed E-state index contributed by atoms with van der Waals surface area (Å²) in [6.07, 6.45) is 6.24. The van der Waals surface area contributed by atoms with Gasteiger partial charge in [-0.1, -0.05) is 181 Å². The van der Waals surface area contributed by atoms with Crippen molar-refractivity contribution in [2.45, 2.75) is 137 Å². The molecule has 4 nitrogen and oxygen atoms in total. The highest BCUT2D eigenvalue weighted by atomic mass is 16.5. The molecule has 2 unspecified atom stereocenters. The summed E-state index contributed by atoms with van der Waals surface area (Å²) in [5, 5.41) is 0. The van der Waals surface area contributed by atoms with Crippen molar-refractivity contribution < 1.29 is 14.8 Å². The van der Waals surface area contributed by atoms with Gasteiger partial charge in [0.2, 0.25) is 0 Å². The number of imidazole rings is 1. The Balaban J connectivity index is 1.33. The molecule has 1 aromatic heterocycles. The molecule has 0 bridgehead atoms. The lowest BCUT2D eigenvalue weighted by Crippen LogP contribution is -2.70. The Morgan fingerprint density at radius 3 is 1.94 bits per heavy atom. The van der Waals surface area contributed by atoms with Gasteiger partial charge in [-0.2, -0.15) is 9.13 Å². The fourth-order valence-electron chi connectivity index (χ4n) is 10.9. The minimum atomic E-state index is -1.23. The first-order chi connectivity index (χ1) is 33.1. The molecule has 4 aliphatic heterocycles. The molecule has 4 heteroatoms. The van der Waals surface area contributed by atoms with E-state index < -0.39 is 11.9 Å². The third-order valence-corrected chi connectivity index (χ3v) is 15.8. The second kappa shape index (κ2) is 14.0. The van der Waals surface area contributed by atoms with E-state index in [0.29, 0.717) is 16.7 Å². The fourth-order valence-corrected chi connectivity index (χ4v) is 10.9. The molecule has 0 saturated carbocycles. The van der Waals surface area contributed by atoms with Crippen LogP contribution in [0.4, 0.5) is 0 Å². The van der Waals surface area contributed by atoms with Crippen LogP contribution in [0, 0.1) is 12.3 Å². The molecular formula is C63H68N3O+. The lowest BCUT2D eigenvalue weighted by atomic mass is 9.65. The standard InChI is InChI=1S/C63H68N3O/c1-38-24-26-39(27-25-38)41-30-31-64-53(32-41)48-35-43(58(2,3)4)34-47-45-22-19-23-52-55(45)66-57(49-36-44(59(5,6)7)37-50(60(8,9)10)56(49)67-63(64,66)54(47)48)65(52)51-29-28-42(62(14,15)61(11,12)13)33-46(51)40-20-17-16-18-21-40/h16-37,53H,1-15H3/q+1/i24D,25D,26D,27D. The largest absolute Gasteiger partial charge is 0.427 e. The normalized spacial score (nSPS) is 19.2. The predicted octanol–water partition coefficient (Wildman–Crippen LogP) is 15.8. The minimum Gasteiger partial charge on any atom is -0.427 e. The van der Waals surface area contributed by atoms with Gasteiger partial charge in [-0.25, -0.2) is 0 Å². The molecule has 67 heavy (non-hydrogen) atoms. The van der Waals surface area contributed by atoms with Crippen molar-refractivity contribution in [2.24, 2.45) is 5.41 Å². The number of rotatable bonds is 4. The highest BCUT2D eigenvalue weighted by Gasteiger charge is 2.66. The third kappa shape index (κ3) is 6.20. The Morgan fingerprint density at radius 2 is 1.28 bits per heavy atom. The Hall–Kier alpha value is -6.13. The van der Waals surface area contributed by atoms with Crippen LogP contribution in [0.3, 0.4) is 0 Å². The number of benzene rings is 6. The highest BCUT2D eigenvalue weighted by Crippen LogP contribution is 2.61. The number of para-hydroxylation sites is 1. The molecule has 2 atom stereocenters. The lowest BCUT2D eigenvalue weighted by molar-refractivity contribution is -0.784. The summed E-state index contributed by atoms with van der Waals surface area (Å²) in [5.74, 6) is 0.656. The van der Waals surface area contributed by atoms with E-state index in [9.17, 15) is 2.74 Å². The number of fused-ring (bicyclic) bond motifs is 5. The van der Waals surface area contributed by atoms with Gasteiger partial charge in [0.1, 0.15) is 17.0 Å². The third-order valence-electron chi connectivity index (χ3n) is 15.8. The molecule has 0 aliphatic carbocycles. The van der Waals surface area contributed by atoms with Crippen LogP contribution in [-0.4, -0.2) is 9.47 Å². The van der Waals surface area contributed by atoms with Crippen molar-refractivity contribution in [3.8, 4) is 45.1 Å². The average Bonchev–Trinajstić information content (AvgIpc) is 3.80. The molecule has 0 fully saturated rings.